The molecule has 0 spiro atoms. The zero-order chi connectivity index (χ0) is 14.8. The Balaban J connectivity index is 1.68. The number of hydrogen-bond acceptors (Lipinski definition) is 2. The van der Waals surface area contributed by atoms with Crippen molar-refractivity contribution in [3.63, 3.8) is 0 Å². The molecule has 21 heavy (non-hydrogen) atoms. The summed E-state index contributed by atoms with van der Waals surface area (Å²) in [5, 5.41) is 10.4. The summed E-state index contributed by atoms with van der Waals surface area (Å²) < 4.78 is 0. The van der Waals surface area contributed by atoms with Crippen LogP contribution in [-0.4, -0.2) is 17.0 Å². The lowest BCUT2D eigenvalue weighted by molar-refractivity contribution is -0.123. The number of allylic oxidation sites excluding steroid dienone is 2. The van der Waals surface area contributed by atoms with Crippen molar-refractivity contribution in [3.05, 3.63) is 12.2 Å². The van der Waals surface area contributed by atoms with Gasteiger partial charge in [-0.25, -0.2) is 0 Å². The number of hydrogen-bond donors (Lipinski definition) is 1. The maximum absolute atomic E-state index is 11.8. The van der Waals surface area contributed by atoms with Gasteiger partial charge >= 0.3 is 0 Å². The van der Waals surface area contributed by atoms with Gasteiger partial charge in [0.15, 0.2) is 5.78 Å². The lowest BCUT2D eigenvalue weighted by Gasteiger charge is -2.58. The predicted octanol–water partition coefficient (Wildman–Crippen LogP) is 3.74. The highest BCUT2D eigenvalue weighted by Gasteiger charge is 2.59. The Morgan fingerprint density at radius 1 is 1.10 bits per heavy atom. The fourth-order valence-electron chi connectivity index (χ4n) is 6.61. The monoisotopic (exact) mass is 288 g/mol. The third-order valence-electron chi connectivity index (χ3n) is 7.99. The quantitative estimate of drug-likeness (QED) is 0.737. The van der Waals surface area contributed by atoms with E-state index in [4.69, 9.17) is 0 Å². The molecule has 0 radical (unpaired) electrons. The minimum Gasteiger partial charge on any atom is -0.393 e. The number of ketones is 1. The van der Waals surface area contributed by atoms with Crippen LogP contribution in [0.4, 0.5) is 0 Å². The van der Waals surface area contributed by atoms with Crippen molar-refractivity contribution in [2.45, 2.75) is 64.9 Å². The molecule has 4 rings (SSSR count). The molecular weight excluding hydrogens is 260 g/mol. The predicted molar refractivity (Wildman–Crippen MR) is 82.6 cm³/mol. The van der Waals surface area contributed by atoms with Crippen LogP contribution in [0.5, 0.6) is 0 Å². The number of aliphatic hydroxyl groups excluding tert-OH is 1. The molecule has 4 aliphatic carbocycles. The molecule has 1 unspecified atom stereocenters. The second kappa shape index (κ2) is 4.44. The molecule has 1 N–H and O–H groups in total. The summed E-state index contributed by atoms with van der Waals surface area (Å²) in [7, 11) is 0. The second-order valence-electron chi connectivity index (χ2n) is 8.66. The van der Waals surface area contributed by atoms with Crippen LogP contribution in [0, 0.1) is 34.5 Å². The van der Waals surface area contributed by atoms with Gasteiger partial charge in [0, 0.05) is 6.42 Å². The van der Waals surface area contributed by atoms with E-state index in [0.717, 1.165) is 24.7 Å². The fourth-order valence-corrected chi connectivity index (χ4v) is 6.61. The summed E-state index contributed by atoms with van der Waals surface area (Å²) in [6.45, 7) is 4.74. The Morgan fingerprint density at radius 3 is 2.71 bits per heavy atom. The summed E-state index contributed by atoms with van der Waals surface area (Å²) in [4.78, 5) is 11.8. The van der Waals surface area contributed by atoms with Gasteiger partial charge in [-0.2, -0.15) is 0 Å². The number of carbonyl (C=O) groups is 1. The van der Waals surface area contributed by atoms with Gasteiger partial charge in [0.1, 0.15) is 0 Å². The van der Waals surface area contributed by atoms with Crippen LogP contribution in [0.3, 0.4) is 0 Å². The van der Waals surface area contributed by atoms with Gasteiger partial charge in [-0.3, -0.25) is 4.79 Å². The Kier molecular flexibility index (Phi) is 2.96. The molecule has 3 saturated carbocycles. The lowest BCUT2D eigenvalue weighted by Crippen LogP contribution is -2.52. The molecule has 2 nitrogen and oxygen atoms in total. The summed E-state index contributed by atoms with van der Waals surface area (Å²) in [5.74, 6) is 3.08. The zero-order valence-corrected chi connectivity index (χ0v) is 13.3. The number of rotatable bonds is 0. The van der Waals surface area contributed by atoms with Gasteiger partial charge < -0.3 is 5.11 Å². The number of aliphatic hydroxyl groups is 1. The van der Waals surface area contributed by atoms with Crippen LogP contribution in [0.2, 0.25) is 0 Å². The topological polar surface area (TPSA) is 37.3 Å². The largest absolute Gasteiger partial charge is 0.393 e. The number of carbonyl (C=O) groups excluding carboxylic acids is 1. The molecule has 116 valence electrons. The van der Waals surface area contributed by atoms with Crippen molar-refractivity contribution < 1.29 is 9.90 Å². The van der Waals surface area contributed by atoms with Gasteiger partial charge in [-0.05, 0) is 79.1 Å². The van der Waals surface area contributed by atoms with Crippen molar-refractivity contribution >= 4 is 5.78 Å². The van der Waals surface area contributed by atoms with Crippen LogP contribution in [0.1, 0.15) is 58.8 Å². The Hall–Kier alpha value is -0.630. The summed E-state index contributed by atoms with van der Waals surface area (Å²) in [6.07, 6.45) is 11.9. The van der Waals surface area contributed by atoms with E-state index in [1.807, 2.05) is 6.08 Å². The van der Waals surface area contributed by atoms with E-state index < -0.39 is 0 Å². The molecule has 2 heteroatoms. The standard InChI is InChI=1S/C19H28O2/c1-18-9-7-13(20)11-12(18)3-4-14-15-5-6-17(21)19(15,2)10-8-16(14)18/h7,9,12,14-17,21H,3-6,8,10-11H2,1-2H3/t12?,14-,15-,16-,17-,18-,19-/m1/s1. The average molecular weight is 288 g/mol. The highest BCUT2D eigenvalue weighted by Crippen LogP contribution is 2.64. The molecule has 0 bridgehead atoms. The van der Waals surface area contributed by atoms with Crippen LogP contribution in [-0.2, 0) is 4.79 Å². The van der Waals surface area contributed by atoms with Gasteiger partial charge in [-0.1, -0.05) is 19.9 Å². The third kappa shape index (κ3) is 1.78. The summed E-state index contributed by atoms with van der Waals surface area (Å²) in [6, 6.07) is 0. The first-order chi connectivity index (χ1) is 9.95. The second-order valence-corrected chi connectivity index (χ2v) is 8.66. The van der Waals surface area contributed by atoms with E-state index in [2.05, 4.69) is 19.9 Å². The Labute approximate surface area is 128 Å². The molecule has 7 atom stereocenters. The van der Waals surface area contributed by atoms with Gasteiger partial charge in [0.2, 0.25) is 0 Å². The highest BCUT2D eigenvalue weighted by atomic mass is 16.3. The molecule has 4 aliphatic rings. The third-order valence-corrected chi connectivity index (χ3v) is 7.99. The van der Waals surface area contributed by atoms with Crippen LogP contribution in [0.25, 0.3) is 0 Å². The van der Waals surface area contributed by atoms with E-state index in [1.54, 1.807) is 0 Å². The number of fused-ring (bicyclic) bond motifs is 5. The van der Waals surface area contributed by atoms with Crippen molar-refractivity contribution in [2.75, 3.05) is 0 Å². The highest BCUT2D eigenvalue weighted by molar-refractivity contribution is 5.91. The van der Waals surface area contributed by atoms with Crippen LogP contribution < -0.4 is 0 Å². The Morgan fingerprint density at radius 2 is 1.90 bits per heavy atom. The first kappa shape index (κ1) is 14.0. The van der Waals surface area contributed by atoms with E-state index >= 15 is 0 Å². The van der Waals surface area contributed by atoms with Crippen LogP contribution in [0.15, 0.2) is 12.2 Å². The smallest absolute Gasteiger partial charge is 0.155 e. The maximum Gasteiger partial charge on any atom is 0.155 e. The molecule has 0 amide bonds. The minimum absolute atomic E-state index is 0.0857. The van der Waals surface area contributed by atoms with Gasteiger partial charge in [0.25, 0.3) is 0 Å². The molecule has 0 aromatic carbocycles. The normalized spacial score (nSPS) is 55.8. The van der Waals surface area contributed by atoms with Crippen molar-refractivity contribution in [2.24, 2.45) is 34.5 Å². The van der Waals surface area contributed by atoms with Crippen molar-refractivity contribution in [1.29, 1.82) is 0 Å². The molecule has 0 aromatic heterocycles. The van der Waals surface area contributed by atoms with E-state index in [0.29, 0.717) is 17.6 Å². The lowest BCUT2D eigenvalue weighted by atomic mass is 9.46. The fraction of sp³-hybridized carbons (Fsp3) is 0.842. The maximum atomic E-state index is 11.8. The average Bonchev–Trinajstić information content (AvgIpc) is 2.76. The SMILES string of the molecule is C[C@@]12CC[C@@H]3[C@H](CCC4CC(=O)C=C[C@]43C)[C@H]1CC[C@H]2O. The van der Waals surface area contributed by atoms with Gasteiger partial charge in [-0.15, -0.1) is 0 Å². The molecule has 0 aromatic rings. The van der Waals surface area contributed by atoms with Crippen molar-refractivity contribution in [3.8, 4) is 0 Å². The molecule has 0 aliphatic heterocycles. The molecule has 0 heterocycles. The van der Waals surface area contributed by atoms with Crippen molar-refractivity contribution in [1.82, 2.24) is 0 Å². The first-order valence-corrected chi connectivity index (χ1v) is 8.85. The van der Waals surface area contributed by atoms with Gasteiger partial charge in [0.05, 0.1) is 6.10 Å². The summed E-state index contributed by atoms with van der Waals surface area (Å²) in [5.41, 5.74) is 0.393. The van der Waals surface area contributed by atoms with E-state index in [9.17, 15) is 9.90 Å². The minimum atomic E-state index is -0.0857. The van der Waals surface area contributed by atoms with Crippen LogP contribution >= 0.6 is 0 Å². The molecule has 0 saturated heterocycles. The van der Waals surface area contributed by atoms with E-state index in [-0.39, 0.29) is 16.9 Å². The molecule has 3 fully saturated rings. The molecular formula is C19H28O2. The summed E-state index contributed by atoms with van der Waals surface area (Å²) >= 11 is 0. The Bertz CT molecular complexity index is 496. The van der Waals surface area contributed by atoms with E-state index in [1.165, 1.54) is 32.1 Å². The first-order valence-electron chi connectivity index (χ1n) is 8.85. The zero-order valence-electron chi connectivity index (χ0n) is 13.3.